The Kier molecular flexibility index (Phi) is 2.93. The van der Waals surface area contributed by atoms with Crippen LogP contribution in [0, 0.1) is 0 Å². The number of piperidine rings is 1. The zero-order valence-electron chi connectivity index (χ0n) is 8.26. The summed E-state index contributed by atoms with van der Waals surface area (Å²) in [7, 11) is 0. The van der Waals surface area contributed by atoms with Gasteiger partial charge in [0.25, 0.3) is 0 Å². The summed E-state index contributed by atoms with van der Waals surface area (Å²) >= 11 is 0. The molecular weight excluding hydrogens is 176 g/mol. The van der Waals surface area contributed by atoms with Gasteiger partial charge in [0, 0.05) is 31.5 Å². The maximum atomic E-state index is 5.74. The summed E-state index contributed by atoms with van der Waals surface area (Å²) < 4.78 is 0. The Labute approximate surface area is 84.2 Å². The molecule has 1 aliphatic heterocycles. The van der Waals surface area contributed by atoms with E-state index in [1.54, 1.807) is 12.4 Å². The first-order valence-corrected chi connectivity index (χ1v) is 5.14. The molecule has 1 aromatic heterocycles. The number of aromatic nitrogens is 2. The Bertz CT molecular complexity index is 275. The summed E-state index contributed by atoms with van der Waals surface area (Å²) in [6, 6.07) is 0.445. The molecule has 0 saturated carbocycles. The van der Waals surface area contributed by atoms with Crippen molar-refractivity contribution in [2.45, 2.75) is 25.3 Å². The second-order valence-electron chi connectivity index (χ2n) is 3.64. The van der Waals surface area contributed by atoms with E-state index in [0.29, 0.717) is 12.6 Å². The first kappa shape index (κ1) is 9.40. The SMILES string of the molecule is NCC1CCCCN1c1cnccn1. The Balaban J connectivity index is 2.15. The highest BCUT2D eigenvalue weighted by Crippen LogP contribution is 2.21. The van der Waals surface area contributed by atoms with Gasteiger partial charge in [-0.3, -0.25) is 4.98 Å². The molecular formula is C10H16N4. The minimum Gasteiger partial charge on any atom is -0.351 e. The van der Waals surface area contributed by atoms with Gasteiger partial charge < -0.3 is 10.6 Å². The molecule has 76 valence electrons. The highest BCUT2D eigenvalue weighted by atomic mass is 15.2. The van der Waals surface area contributed by atoms with Crippen LogP contribution in [-0.2, 0) is 0 Å². The molecule has 1 aliphatic rings. The van der Waals surface area contributed by atoms with Gasteiger partial charge >= 0.3 is 0 Å². The molecule has 0 radical (unpaired) electrons. The Hall–Kier alpha value is -1.16. The molecule has 1 saturated heterocycles. The van der Waals surface area contributed by atoms with Crippen molar-refractivity contribution in [2.24, 2.45) is 5.73 Å². The molecule has 4 nitrogen and oxygen atoms in total. The summed E-state index contributed by atoms with van der Waals surface area (Å²) in [5, 5.41) is 0. The quantitative estimate of drug-likeness (QED) is 0.753. The lowest BCUT2D eigenvalue weighted by Gasteiger charge is -2.35. The third-order valence-corrected chi connectivity index (χ3v) is 2.74. The molecule has 1 aromatic rings. The lowest BCUT2D eigenvalue weighted by atomic mass is 10.0. The van der Waals surface area contributed by atoms with Crippen molar-refractivity contribution in [3.63, 3.8) is 0 Å². The fraction of sp³-hybridized carbons (Fsp3) is 0.600. The van der Waals surface area contributed by atoms with Crippen molar-refractivity contribution >= 4 is 5.82 Å². The lowest BCUT2D eigenvalue weighted by molar-refractivity contribution is 0.461. The van der Waals surface area contributed by atoms with Gasteiger partial charge in [0.15, 0.2) is 0 Å². The van der Waals surface area contributed by atoms with E-state index in [9.17, 15) is 0 Å². The molecule has 0 amide bonds. The number of rotatable bonds is 2. The van der Waals surface area contributed by atoms with Crippen LogP contribution in [0.15, 0.2) is 18.6 Å². The summed E-state index contributed by atoms with van der Waals surface area (Å²) in [5.74, 6) is 0.961. The monoisotopic (exact) mass is 192 g/mol. The smallest absolute Gasteiger partial charge is 0.147 e. The molecule has 14 heavy (non-hydrogen) atoms. The van der Waals surface area contributed by atoms with E-state index in [0.717, 1.165) is 12.4 Å². The Morgan fingerprint density at radius 3 is 3.07 bits per heavy atom. The van der Waals surface area contributed by atoms with Gasteiger partial charge in [-0.15, -0.1) is 0 Å². The molecule has 0 aromatic carbocycles. The van der Waals surface area contributed by atoms with Gasteiger partial charge in [0.05, 0.1) is 6.20 Å². The summed E-state index contributed by atoms with van der Waals surface area (Å²) in [4.78, 5) is 10.7. The molecule has 0 aliphatic carbocycles. The summed E-state index contributed by atoms with van der Waals surface area (Å²) in [5.41, 5.74) is 5.74. The van der Waals surface area contributed by atoms with Gasteiger partial charge in [-0.2, -0.15) is 0 Å². The van der Waals surface area contributed by atoms with Crippen molar-refractivity contribution < 1.29 is 0 Å². The number of anilines is 1. The van der Waals surface area contributed by atoms with E-state index in [2.05, 4.69) is 14.9 Å². The second kappa shape index (κ2) is 4.37. The number of hydrogen-bond acceptors (Lipinski definition) is 4. The van der Waals surface area contributed by atoms with Gasteiger partial charge in [-0.05, 0) is 19.3 Å². The van der Waals surface area contributed by atoms with E-state index in [1.165, 1.54) is 19.3 Å². The van der Waals surface area contributed by atoms with E-state index < -0.39 is 0 Å². The maximum Gasteiger partial charge on any atom is 0.147 e. The number of hydrogen-bond donors (Lipinski definition) is 1. The van der Waals surface area contributed by atoms with Gasteiger partial charge in [0.1, 0.15) is 5.82 Å². The minimum absolute atomic E-state index is 0.445. The van der Waals surface area contributed by atoms with Crippen molar-refractivity contribution in [1.29, 1.82) is 0 Å². The van der Waals surface area contributed by atoms with Gasteiger partial charge in [0.2, 0.25) is 0 Å². The van der Waals surface area contributed by atoms with Crippen LogP contribution < -0.4 is 10.6 Å². The summed E-state index contributed by atoms with van der Waals surface area (Å²) in [6.45, 7) is 1.76. The Morgan fingerprint density at radius 2 is 2.36 bits per heavy atom. The molecule has 0 spiro atoms. The van der Waals surface area contributed by atoms with Crippen LogP contribution in [0.3, 0.4) is 0 Å². The van der Waals surface area contributed by atoms with E-state index in [4.69, 9.17) is 5.73 Å². The van der Waals surface area contributed by atoms with Gasteiger partial charge in [-0.25, -0.2) is 4.98 Å². The van der Waals surface area contributed by atoms with Crippen LogP contribution in [0.2, 0.25) is 0 Å². The molecule has 1 fully saturated rings. The lowest BCUT2D eigenvalue weighted by Crippen LogP contribution is -2.44. The van der Waals surface area contributed by atoms with E-state index in [1.807, 2.05) is 6.20 Å². The molecule has 2 rings (SSSR count). The highest BCUT2D eigenvalue weighted by molar-refractivity contribution is 5.37. The zero-order chi connectivity index (χ0) is 9.80. The second-order valence-corrected chi connectivity index (χ2v) is 3.64. The number of nitrogens with two attached hydrogens (primary N) is 1. The fourth-order valence-corrected chi connectivity index (χ4v) is 1.99. The van der Waals surface area contributed by atoms with Crippen LogP contribution in [0.4, 0.5) is 5.82 Å². The van der Waals surface area contributed by atoms with E-state index in [-0.39, 0.29) is 0 Å². The number of nitrogens with zero attached hydrogens (tertiary/aromatic N) is 3. The van der Waals surface area contributed by atoms with Crippen molar-refractivity contribution in [3.8, 4) is 0 Å². The molecule has 2 heterocycles. The minimum atomic E-state index is 0.445. The van der Waals surface area contributed by atoms with Crippen LogP contribution in [0.25, 0.3) is 0 Å². The average Bonchev–Trinajstić information content (AvgIpc) is 2.30. The predicted octanol–water partition coefficient (Wildman–Crippen LogP) is 0.794. The molecule has 0 bridgehead atoms. The zero-order valence-corrected chi connectivity index (χ0v) is 8.26. The standard InChI is InChI=1S/C10H16N4/c11-7-9-3-1-2-6-14(9)10-8-12-4-5-13-10/h4-5,8-9H,1-3,6-7,11H2. The maximum absolute atomic E-state index is 5.74. The average molecular weight is 192 g/mol. The molecule has 1 unspecified atom stereocenters. The largest absolute Gasteiger partial charge is 0.351 e. The predicted molar refractivity (Wildman–Crippen MR) is 56.1 cm³/mol. The topological polar surface area (TPSA) is 55.0 Å². The van der Waals surface area contributed by atoms with Crippen LogP contribution in [-0.4, -0.2) is 29.1 Å². The van der Waals surface area contributed by atoms with Crippen molar-refractivity contribution in [3.05, 3.63) is 18.6 Å². The van der Waals surface area contributed by atoms with Gasteiger partial charge in [-0.1, -0.05) is 0 Å². The highest BCUT2D eigenvalue weighted by Gasteiger charge is 2.21. The third-order valence-electron chi connectivity index (χ3n) is 2.74. The molecule has 4 heteroatoms. The molecule has 2 N–H and O–H groups in total. The van der Waals surface area contributed by atoms with E-state index >= 15 is 0 Å². The first-order chi connectivity index (χ1) is 6.92. The fourth-order valence-electron chi connectivity index (χ4n) is 1.99. The van der Waals surface area contributed by atoms with Crippen molar-refractivity contribution in [1.82, 2.24) is 9.97 Å². The summed E-state index contributed by atoms with van der Waals surface area (Å²) in [6.07, 6.45) is 8.93. The van der Waals surface area contributed by atoms with Crippen LogP contribution in [0.1, 0.15) is 19.3 Å². The Morgan fingerprint density at radius 1 is 1.43 bits per heavy atom. The van der Waals surface area contributed by atoms with Crippen molar-refractivity contribution in [2.75, 3.05) is 18.0 Å². The molecule has 1 atom stereocenters. The third kappa shape index (κ3) is 1.85. The van der Waals surface area contributed by atoms with Crippen LogP contribution >= 0.6 is 0 Å². The first-order valence-electron chi connectivity index (χ1n) is 5.14. The normalized spacial score (nSPS) is 22.4. The van der Waals surface area contributed by atoms with Crippen LogP contribution in [0.5, 0.6) is 0 Å².